The number of thiazole rings is 1. The predicted molar refractivity (Wildman–Crippen MR) is 112 cm³/mol. The van der Waals surface area contributed by atoms with Gasteiger partial charge in [-0.1, -0.05) is 11.3 Å². The van der Waals surface area contributed by atoms with Crippen LogP contribution in [0.5, 0.6) is 16.7 Å². The second-order valence-electron chi connectivity index (χ2n) is 7.05. The van der Waals surface area contributed by atoms with Crippen LogP contribution < -0.4 is 14.2 Å². The van der Waals surface area contributed by atoms with Gasteiger partial charge in [0.2, 0.25) is 10.0 Å². The van der Waals surface area contributed by atoms with Crippen LogP contribution >= 0.6 is 11.3 Å². The Morgan fingerprint density at radius 2 is 1.72 bits per heavy atom. The van der Waals surface area contributed by atoms with Gasteiger partial charge in [-0.25, -0.2) is 13.4 Å². The maximum atomic E-state index is 12.8. The van der Waals surface area contributed by atoms with E-state index >= 15 is 0 Å². The molecule has 0 saturated carbocycles. The summed E-state index contributed by atoms with van der Waals surface area (Å²) in [4.78, 5) is 4.37. The zero-order valence-corrected chi connectivity index (χ0v) is 18.5. The molecule has 0 amide bonds. The maximum absolute atomic E-state index is 12.8. The normalized spacial score (nSPS) is 16.2. The van der Waals surface area contributed by atoms with E-state index in [1.54, 1.807) is 7.11 Å². The van der Waals surface area contributed by atoms with Gasteiger partial charge in [-0.2, -0.15) is 4.31 Å². The Morgan fingerprint density at radius 1 is 1.06 bits per heavy atom. The van der Waals surface area contributed by atoms with E-state index in [2.05, 4.69) is 9.72 Å². The van der Waals surface area contributed by atoms with Crippen molar-refractivity contribution in [2.24, 2.45) is 0 Å². The van der Waals surface area contributed by atoms with Gasteiger partial charge in [-0.15, -0.1) is 13.2 Å². The van der Waals surface area contributed by atoms with Gasteiger partial charge < -0.3 is 14.2 Å². The van der Waals surface area contributed by atoms with Crippen molar-refractivity contribution in [1.29, 1.82) is 0 Å². The van der Waals surface area contributed by atoms with Gasteiger partial charge in [0.15, 0.2) is 0 Å². The molecule has 2 aromatic carbocycles. The summed E-state index contributed by atoms with van der Waals surface area (Å²) in [5.74, 6) is 0.225. The summed E-state index contributed by atoms with van der Waals surface area (Å²) < 4.78 is 79.7. The highest BCUT2D eigenvalue weighted by Gasteiger charge is 2.33. The molecule has 32 heavy (non-hydrogen) atoms. The quantitative estimate of drug-likeness (QED) is 0.511. The molecule has 0 spiro atoms. The van der Waals surface area contributed by atoms with E-state index in [1.807, 2.05) is 18.2 Å². The van der Waals surface area contributed by atoms with E-state index in [4.69, 9.17) is 9.47 Å². The molecule has 0 bridgehead atoms. The smallest absolute Gasteiger partial charge is 0.497 e. The highest BCUT2D eigenvalue weighted by molar-refractivity contribution is 7.89. The van der Waals surface area contributed by atoms with Crippen LogP contribution in [0.25, 0.3) is 10.2 Å². The zero-order chi connectivity index (χ0) is 22.9. The highest BCUT2D eigenvalue weighted by Crippen LogP contribution is 2.32. The summed E-state index contributed by atoms with van der Waals surface area (Å²) in [7, 11) is -2.25. The maximum Gasteiger partial charge on any atom is 0.573 e. The summed E-state index contributed by atoms with van der Waals surface area (Å²) in [6, 6.07) is 9.74. The van der Waals surface area contributed by atoms with Gasteiger partial charge in [0.1, 0.15) is 17.6 Å². The van der Waals surface area contributed by atoms with Crippen LogP contribution in [0.15, 0.2) is 47.4 Å². The average Bonchev–Trinajstić information content (AvgIpc) is 3.14. The third-order valence-electron chi connectivity index (χ3n) is 4.94. The lowest BCUT2D eigenvalue weighted by Gasteiger charge is -2.30. The van der Waals surface area contributed by atoms with Crippen LogP contribution in [0.2, 0.25) is 0 Å². The molecule has 172 valence electrons. The summed E-state index contributed by atoms with van der Waals surface area (Å²) in [5.41, 5.74) is 0.766. The van der Waals surface area contributed by atoms with Gasteiger partial charge in [-0.05, 0) is 49.2 Å². The minimum absolute atomic E-state index is 0.0912. The van der Waals surface area contributed by atoms with Gasteiger partial charge >= 0.3 is 6.36 Å². The number of aromatic nitrogens is 1. The summed E-state index contributed by atoms with van der Waals surface area (Å²) in [6.07, 6.45) is -4.09. The molecule has 12 heteroatoms. The Balaban J connectivity index is 1.37. The van der Waals surface area contributed by atoms with E-state index in [9.17, 15) is 21.6 Å². The first-order valence-electron chi connectivity index (χ1n) is 9.61. The van der Waals surface area contributed by atoms with Crippen molar-refractivity contribution < 1.29 is 35.8 Å². The Labute approximate surface area is 186 Å². The first-order valence-corrected chi connectivity index (χ1v) is 11.9. The van der Waals surface area contributed by atoms with E-state index in [0.717, 1.165) is 34.5 Å². The number of ether oxygens (including phenoxy) is 3. The number of methoxy groups -OCH3 is 1. The molecule has 1 saturated heterocycles. The monoisotopic (exact) mass is 488 g/mol. The van der Waals surface area contributed by atoms with E-state index in [-0.39, 0.29) is 24.1 Å². The van der Waals surface area contributed by atoms with Gasteiger partial charge in [0.25, 0.3) is 5.19 Å². The average molecular weight is 489 g/mol. The number of benzene rings is 2. The molecule has 0 atom stereocenters. The molecule has 0 unspecified atom stereocenters. The molecule has 4 rings (SSSR count). The van der Waals surface area contributed by atoms with Gasteiger partial charge in [-0.3, -0.25) is 0 Å². The molecule has 0 radical (unpaired) electrons. The molecule has 1 fully saturated rings. The van der Waals surface area contributed by atoms with Crippen molar-refractivity contribution in [1.82, 2.24) is 9.29 Å². The number of fused-ring (bicyclic) bond motifs is 1. The Morgan fingerprint density at radius 3 is 2.34 bits per heavy atom. The lowest BCUT2D eigenvalue weighted by Crippen LogP contribution is -2.41. The number of rotatable bonds is 6. The number of hydrogen-bond donors (Lipinski definition) is 0. The summed E-state index contributed by atoms with van der Waals surface area (Å²) in [5, 5.41) is 0.509. The topological polar surface area (TPSA) is 78.0 Å². The molecule has 0 N–H and O–H groups in total. The third kappa shape index (κ3) is 5.08. The molecular weight excluding hydrogens is 469 g/mol. The highest BCUT2D eigenvalue weighted by atomic mass is 32.2. The van der Waals surface area contributed by atoms with E-state index in [0.29, 0.717) is 23.8 Å². The number of sulfonamides is 1. The standard InChI is InChI=1S/C20H19F3N2O5S2/c1-28-15-4-7-18-17(12-15)24-19(31-18)29-13-8-10-25(11-9-13)32(26,27)16-5-2-14(3-6-16)30-20(21,22)23/h2-7,12-13H,8-11H2,1H3. The molecule has 2 heterocycles. The number of nitrogens with zero attached hydrogens (tertiary/aromatic N) is 2. The Hall–Kier alpha value is -2.57. The fraction of sp³-hybridized carbons (Fsp3) is 0.350. The van der Waals surface area contributed by atoms with Crippen molar-refractivity contribution in [3.8, 4) is 16.7 Å². The zero-order valence-electron chi connectivity index (χ0n) is 16.8. The number of halogens is 3. The Kier molecular flexibility index (Phi) is 6.19. The summed E-state index contributed by atoms with van der Waals surface area (Å²) in [6.45, 7) is 0.457. The van der Waals surface area contributed by atoms with Crippen LogP contribution in [0.3, 0.4) is 0 Å². The van der Waals surface area contributed by atoms with Crippen molar-refractivity contribution in [2.75, 3.05) is 20.2 Å². The third-order valence-corrected chi connectivity index (χ3v) is 7.78. The SMILES string of the molecule is COc1ccc2sc(OC3CCN(S(=O)(=O)c4ccc(OC(F)(F)F)cc4)CC3)nc2c1. The van der Waals surface area contributed by atoms with Crippen molar-refractivity contribution in [3.05, 3.63) is 42.5 Å². The fourth-order valence-electron chi connectivity index (χ4n) is 3.36. The number of piperidine rings is 1. The van der Waals surface area contributed by atoms with Crippen molar-refractivity contribution in [2.45, 2.75) is 30.2 Å². The lowest BCUT2D eigenvalue weighted by atomic mass is 10.1. The second kappa shape index (κ2) is 8.75. The predicted octanol–water partition coefficient (Wildman–Crippen LogP) is 4.44. The lowest BCUT2D eigenvalue weighted by molar-refractivity contribution is -0.274. The second-order valence-corrected chi connectivity index (χ2v) is 9.99. The van der Waals surface area contributed by atoms with Crippen molar-refractivity contribution >= 4 is 31.6 Å². The molecule has 3 aromatic rings. The first kappa shape index (κ1) is 22.6. The van der Waals surface area contributed by atoms with E-state index < -0.39 is 22.1 Å². The van der Waals surface area contributed by atoms with Crippen LogP contribution in [0.1, 0.15) is 12.8 Å². The minimum Gasteiger partial charge on any atom is -0.497 e. The molecule has 0 aliphatic carbocycles. The molecule has 1 aromatic heterocycles. The van der Waals surface area contributed by atoms with Crippen LogP contribution in [0, 0.1) is 0 Å². The van der Waals surface area contributed by atoms with Crippen LogP contribution in [-0.2, 0) is 10.0 Å². The molecule has 1 aliphatic rings. The minimum atomic E-state index is -4.84. The fourth-order valence-corrected chi connectivity index (χ4v) is 5.69. The largest absolute Gasteiger partial charge is 0.573 e. The molecule has 7 nitrogen and oxygen atoms in total. The number of hydrogen-bond acceptors (Lipinski definition) is 7. The van der Waals surface area contributed by atoms with Crippen LogP contribution in [-0.4, -0.2) is 50.4 Å². The van der Waals surface area contributed by atoms with E-state index in [1.165, 1.54) is 15.6 Å². The molecule has 1 aliphatic heterocycles. The van der Waals surface area contributed by atoms with Crippen LogP contribution in [0.4, 0.5) is 13.2 Å². The summed E-state index contributed by atoms with van der Waals surface area (Å²) >= 11 is 1.41. The Bertz CT molecular complexity index is 1190. The number of alkyl halides is 3. The molecular formula is C20H19F3N2O5S2. The first-order chi connectivity index (χ1) is 15.1. The van der Waals surface area contributed by atoms with Gasteiger partial charge in [0, 0.05) is 19.2 Å². The van der Waals surface area contributed by atoms with Gasteiger partial charge in [0.05, 0.1) is 22.2 Å². The van der Waals surface area contributed by atoms with Crippen molar-refractivity contribution in [3.63, 3.8) is 0 Å².